The lowest BCUT2D eigenvalue weighted by atomic mass is 9.80. The van der Waals surface area contributed by atoms with Gasteiger partial charge < -0.3 is 14.7 Å². The summed E-state index contributed by atoms with van der Waals surface area (Å²) in [6.45, 7) is 14.4. The van der Waals surface area contributed by atoms with Gasteiger partial charge in [-0.05, 0) is 43.5 Å². The number of ether oxygens (including phenoxy) is 1. The molecule has 0 bridgehead atoms. The Morgan fingerprint density at radius 2 is 1.60 bits per heavy atom. The fraction of sp³-hybridized carbons (Fsp3) is 0.259. The first-order valence-electron chi connectivity index (χ1n) is 10.5. The Hall–Kier alpha value is -3.04. The maximum atomic E-state index is 9.94. The van der Waals surface area contributed by atoms with Crippen LogP contribution in [0.25, 0.3) is 0 Å². The van der Waals surface area contributed by atoms with E-state index in [1.54, 1.807) is 0 Å². The van der Waals surface area contributed by atoms with Crippen molar-refractivity contribution < 1.29 is 9.84 Å². The Kier molecular flexibility index (Phi) is 6.96. The molecule has 3 aromatic rings. The van der Waals surface area contributed by atoms with Crippen LogP contribution in [0.4, 0.5) is 5.69 Å². The SMILES string of the molecule is C=C.CCN(CC)c1ccc2c(c1)Oc1c(C)cccc1C2c1ccccc1CO. The highest BCUT2D eigenvalue weighted by molar-refractivity contribution is 5.65. The van der Waals surface area contributed by atoms with Gasteiger partial charge in [0, 0.05) is 41.9 Å². The highest BCUT2D eigenvalue weighted by Gasteiger charge is 2.31. The molecular formula is C27H31NO2. The van der Waals surface area contributed by atoms with Gasteiger partial charge in [0.15, 0.2) is 0 Å². The van der Waals surface area contributed by atoms with Crippen molar-refractivity contribution in [3.63, 3.8) is 0 Å². The van der Waals surface area contributed by atoms with Crippen LogP contribution in [0.1, 0.15) is 47.6 Å². The van der Waals surface area contributed by atoms with Crippen molar-refractivity contribution in [3.8, 4) is 11.5 Å². The van der Waals surface area contributed by atoms with Crippen LogP contribution < -0.4 is 9.64 Å². The Bertz CT molecular complexity index is 1010. The number of anilines is 1. The van der Waals surface area contributed by atoms with E-state index >= 15 is 0 Å². The lowest BCUT2D eigenvalue weighted by molar-refractivity contribution is 0.280. The van der Waals surface area contributed by atoms with E-state index in [2.05, 4.69) is 81.3 Å². The zero-order valence-electron chi connectivity index (χ0n) is 18.2. The number of fused-ring (bicyclic) bond motifs is 2. The van der Waals surface area contributed by atoms with Gasteiger partial charge in [-0.15, -0.1) is 13.2 Å². The normalized spacial score (nSPS) is 13.9. The van der Waals surface area contributed by atoms with Crippen LogP contribution in [0.15, 0.2) is 73.8 Å². The molecule has 0 radical (unpaired) electrons. The molecule has 1 atom stereocenters. The molecule has 1 aliphatic rings. The molecule has 30 heavy (non-hydrogen) atoms. The molecule has 0 spiro atoms. The van der Waals surface area contributed by atoms with Crippen LogP contribution in [0.3, 0.4) is 0 Å². The molecule has 1 aliphatic heterocycles. The molecule has 1 unspecified atom stereocenters. The number of hydrogen-bond donors (Lipinski definition) is 1. The third-order valence-electron chi connectivity index (χ3n) is 5.74. The minimum atomic E-state index is 0.0293. The first kappa shape index (κ1) is 21.7. The number of benzene rings is 3. The number of aryl methyl sites for hydroxylation is 1. The minimum absolute atomic E-state index is 0.0293. The van der Waals surface area contributed by atoms with Crippen LogP contribution in [0.2, 0.25) is 0 Å². The largest absolute Gasteiger partial charge is 0.456 e. The summed E-state index contributed by atoms with van der Waals surface area (Å²) in [5.41, 5.74) is 6.70. The lowest BCUT2D eigenvalue weighted by Crippen LogP contribution is -2.22. The lowest BCUT2D eigenvalue weighted by Gasteiger charge is -2.32. The summed E-state index contributed by atoms with van der Waals surface area (Å²) in [4.78, 5) is 2.33. The van der Waals surface area contributed by atoms with Gasteiger partial charge in [-0.1, -0.05) is 48.5 Å². The van der Waals surface area contributed by atoms with Gasteiger partial charge in [0.2, 0.25) is 0 Å². The number of aliphatic hydroxyl groups is 1. The summed E-state index contributed by atoms with van der Waals surface area (Å²) in [7, 11) is 0. The number of hydrogen-bond acceptors (Lipinski definition) is 3. The fourth-order valence-corrected chi connectivity index (χ4v) is 4.25. The van der Waals surface area contributed by atoms with Crippen LogP contribution in [-0.4, -0.2) is 18.2 Å². The monoisotopic (exact) mass is 401 g/mol. The molecule has 0 fully saturated rings. The zero-order chi connectivity index (χ0) is 21.7. The summed E-state index contributed by atoms with van der Waals surface area (Å²) in [5.74, 6) is 1.89. The highest BCUT2D eigenvalue weighted by Crippen LogP contribution is 2.49. The Labute approximate surface area is 180 Å². The molecule has 0 aliphatic carbocycles. The molecule has 4 rings (SSSR count). The van der Waals surface area contributed by atoms with E-state index in [9.17, 15) is 5.11 Å². The van der Waals surface area contributed by atoms with Crippen molar-refractivity contribution >= 4 is 5.69 Å². The summed E-state index contributed by atoms with van der Waals surface area (Å²) in [5, 5.41) is 9.94. The predicted molar refractivity (Wildman–Crippen MR) is 126 cm³/mol. The van der Waals surface area contributed by atoms with Crippen LogP contribution >= 0.6 is 0 Å². The highest BCUT2D eigenvalue weighted by atomic mass is 16.5. The Balaban J connectivity index is 0.00000124. The smallest absolute Gasteiger partial charge is 0.134 e. The van der Waals surface area contributed by atoms with Crippen molar-refractivity contribution in [1.82, 2.24) is 0 Å². The topological polar surface area (TPSA) is 32.7 Å². The quantitative estimate of drug-likeness (QED) is 0.392. The Morgan fingerprint density at radius 1 is 0.900 bits per heavy atom. The fourth-order valence-electron chi connectivity index (χ4n) is 4.25. The molecule has 3 aromatic carbocycles. The summed E-state index contributed by atoms with van der Waals surface area (Å²) < 4.78 is 6.42. The average molecular weight is 402 g/mol. The van der Waals surface area contributed by atoms with Crippen LogP contribution in [0, 0.1) is 6.92 Å². The van der Waals surface area contributed by atoms with E-state index in [4.69, 9.17) is 4.74 Å². The first-order chi connectivity index (χ1) is 14.7. The second-order valence-corrected chi connectivity index (χ2v) is 7.28. The Morgan fingerprint density at radius 3 is 2.30 bits per heavy atom. The number of para-hydroxylation sites is 1. The number of aliphatic hydroxyl groups excluding tert-OH is 1. The van der Waals surface area contributed by atoms with Crippen molar-refractivity contribution in [2.75, 3.05) is 18.0 Å². The molecule has 0 saturated carbocycles. The van der Waals surface area contributed by atoms with Crippen molar-refractivity contribution in [2.45, 2.75) is 33.3 Å². The third kappa shape index (κ3) is 3.86. The van der Waals surface area contributed by atoms with E-state index in [-0.39, 0.29) is 12.5 Å². The molecule has 1 heterocycles. The van der Waals surface area contributed by atoms with E-state index in [0.717, 1.165) is 52.4 Å². The van der Waals surface area contributed by atoms with E-state index in [1.165, 1.54) is 5.69 Å². The van der Waals surface area contributed by atoms with E-state index in [1.807, 2.05) is 18.2 Å². The number of nitrogens with zero attached hydrogens (tertiary/aromatic N) is 1. The van der Waals surface area contributed by atoms with Gasteiger partial charge in [0.25, 0.3) is 0 Å². The third-order valence-corrected chi connectivity index (χ3v) is 5.74. The maximum absolute atomic E-state index is 9.94. The van der Waals surface area contributed by atoms with Crippen LogP contribution in [-0.2, 0) is 6.61 Å². The summed E-state index contributed by atoms with van der Waals surface area (Å²) >= 11 is 0. The second-order valence-electron chi connectivity index (χ2n) is 7.28. The number of rotatable bonds is 5. The maximum Gasteiger partial charge on any atom is 0.134 e. The standard InChI is InChI=1S/C25H27NO2.C2H4/c1-4-26(5-2)19-13-14-21-23(15-19)28-25-17(3)9-8-12-22(25)24(21)20-11-7-6-10-18(20)16-27;1-2/h6-15,24,27H,4-5,16H2,1-3H3;1-2H2. The van der Waals surface area contributed by atoms with Crippen molar-refractivity contribution in [2.24, 2.45) is 0 Å². The molecule has 3 heteroatoms. The summed E-state index contributed by atoms with van der Waals surface area (Å²) in [6, 6.07) is 21.0. The van der Waals surface area contributed by atoms with Gasteiger partial charge >= 0.3 is 0 Å². The molecule has 0 saturated heterocycles. The summed E-state index contributed by atoms with van der Waals surface area (Å²) in [6.07, 6.45) is 0. The molecular weight excluding hydrogens is 370 g/mol. The van der Waals surface area contributed by atoms with Crippen molar-refractivity contribution in [3.05, 3.63) is 102 Å². The molecule has 0 amide bonds. The van der Waals surface area contributed by atoms with Gasteiger partial charge in [0.05, 0.1) is 6.61 Å². The van der Waals surface area contributed by atoms with Crippen LogP contribution in [0.5, 0.6) is 11.5 Å². The van der Waals surface area contributed by atoms with Gasteiger partial charge in [-0.25, -0.2) is 0 Å². The zero-order valence-corrected chi connectivity index (χ0v) is 18.2. The van der Waals surface area contributed by atoms with Gasteiger partial charge in [-0.3, -0.25) is 0 Å². The molecule has 0 aromatic heterocycles. The van der Waals surface area contributed by atoms with Gasteiger partial charge in [-0.2, -0.15) is 0 Å². The molecule has 1 N–H and O–H groups in total. The minimum Gasteiger partial charge on any atom is -0.456 e. The predicted octanol–water partition coefficient (Wildman–Crippen LogP) is 6.42. The van der Waals surface area contributed by atoms with E-state index < -0.39 is 0 Å². The van der Waals surface area contributed by atoms with E-state index in [0.29, 0.717) is 0 Å². The van der Waals surface area contributed by atoms with Crippen molar-refractivity contribution in [1.29, 1.82) is 0 Å². The average Bonchev–Trinajstić information content (AvgIpc) is 2.80. The first-order valence-corrected chi connectivity index (χ1v) is 10.5. The molecule has 3 nitrogen and oxygen atoms in total. The molecule has 156 valence electrons. The van der Waals surface area contributed by atoms with Gasteiger partial charge in [0.1, 0.15) is 11.5 Å². The second kappa shape index (κ2) is 9.64.